The van der Waals surface area contributed by atoms with Crippen LogP contribution < -0.4 is 10.6 Å². The Morgan fingerprint density at radius 3 is 2.18 bits per heavy atom. The average molecular weight is 508 g/mol. The second-order valence-corrected chi connectivity index (χ2v) is 14.6. The second kappa shape index (κ2) is 12.8. The fourth-order valence-corrected chi connectivity index (χ4v) is 6.57. The molecule has 1 heterocycles. The number of hydrogen-bond acceptors (Lipinski definition) is 6. The molecule has 2 N–H and O–H groups in total. The van der Waals surface area contributed by atoms with Crippen molar-refractivity contribution in [1.82, 2.24) is 15.3 Å². The van der Waals surface area contributed by atoms with Gasteiger partial charge in [0.15, 0.2) is 0 Å². The summed E-state index contributed by atoms with van der Waals surface area (Å²) in [7, 11) is -3.08. The Hall–Kier alpha value is -0.760. The molecule has 0 aliphatic carbocycles. The van der Waals surface area contributed by atoms with Crippen LogP contribution in [0.1, 0.15) is 74.7 Å². The average Bonchev–Trinajstić information content (AvgIpc) is 2.74. The van der Waals surface area contributed by atoms with Crippen LogP contribution in [0.4, 0.5) is 4.79 Å². The highest BCUT2D eigenvalue weighted by atomic mass is 32.1. The third kappa shape index (κ3) is 9.42. The number of thiol groups is 1. The van der Waals surface area contributed by atoms with Gasteiger partial charge in [-0.2, -0.15) is 12.6 Å². The molecule has 2 amide bonds. The Balaban J connectivity index is 2.72. The summed E-state index contributed by atoms with van der Waals surface area (Å²) in [4.78, 5) is 24.6. The molecule has 0 radical (unpaired) electrons. The van der Waals surface area contributed by atoms with Crippen LogP contribution in [0.3, 0.4) is 0 Å². The van der Waals surface area contributed by atoms with Gasteiger partial charge in [0.1, 0.15) is 6.04 Å². The molecule has 0 aromatic carbocycles. The molecule has 1 aliphatic heterocycles. The molecule has 0 aromatic rings. The van der Waals surface area contributed by atoms with Crippen LogP contribution in [0.5, 0.6) is 0 Å². The molecule has 8 nitrogen and oxygen atoms in total. The first-order valence-corrected chi connectivity index (χ1v) is 14.2. The lowest BCUT2D eigenvalue weighted by molar-refractivity contribution is -0.123. The van der Waals surface area contributed by atoms with Gasteiger partial charge in [-0.05, 0) is 44.4 Å². The molecule has 0 bridgehead atoms. The minimum Gasteiger partial charge on any atom is -0.449 e. The summed E-state index contributed by atoms with van der Waals surface area (Å²) in [5, 5.41) is 5.12. The van der Waals surface area contributed by atoms with Gasteiger partial charge in [-0.15, -0.1) is 0 Å². The molecular weight excluding hydrogens is 461 g/mol. The lowest BCUT2D eigenvalue weighted by atomic mass is 9.99. The summed E-state index contributed by atoms with van der Waals surface area (Å²) in [5.41, 5.74) is -0.0863. The first kappa shape index (κ1) is 30.3. The van der Waals surface area contributed by atoms with Crippen molar-refractivity contribution in [1.29, 1.82) is 0 Å². The van der Waals surface area contributed by atoms with Crippen LogP contribution in [-0.4, -0.2) is 66.0 Å². The van der Waals surface area contributed by atoms with Crippen molar-refractivity contribution < 1.29 is 23.4 Å². The Morgan fingerprint density at radius 2 is 1.73 bits per heavy atom. The van der Waals surface area contributed by atoms with E-state index < -0.39 is 24.8 Å². The molecule has 0 aromatic heterocycles. The lowest BCUT2D eigenvalue weighted by Crippen LogP contribution is -2.53. The van der Waals surface area contributed by atoms with Crippen LogP contribution in [-0.2, 0) is 18.6 Å². The van der Waals surface area contributed by atoms with Crippen molar-refractivity contribution in [2.45, 2.75) is 91.9 Å². The number of piperidine rings is 1. The Kier molecular flexibility index (Phi) is 11.7. The van der Waals surface area contributed by atoms with Gasteiger partial charge in [-0.3, -0.25) is 9.36 Å². The van der Waals surface area contributed by atoms with Gasteiger partial charge in [-0.25, -0.2) is 9.46 Å². The van der Waals surface area contributed by atoms with E-state index in [0.29, 0.717) is 32.5 Å². The number of nitrogens with zero attached hydrogens (tertiary/aromatic N) is 1. The van der Waals surface area contributed by atoms with Gasteiger partial charge < -0.3 is 19.9 Å². The Bertz CT molecular complexity index is 688. The molecule has 0 spiro atoms. The zero-order valence-electron chi connectivity index (χ0n) is 21.8. The van der Waals surface area contributed by atoms with Crippen LogP contribution in [0.2, 0.25) is 0 Å². The SMILES string of the molecule is CCC(C)(C)P(=O)(OCC(C)(C)C)N1CCC(NC(=O)[C@H](CS)NC(=O)OCC(C)C)CC1. The van der Waals surface area contributed by atoms with E-state index in [2.05, 4.69) is 44.0 Å². The molecule has 1 unspecified atom stereocenters. The number of amides is 2. The van der Waals surface area contributed by atoms with Crippen molar-refractivity contribution in [2.75, 3.05) is 32.1 Å². The molecule has 1 aliphatic rings. The summed E-state index contributed by atoms with van der Waals surface area (Å²) < 4.78 is 27.4. The Morgan fingerprint density at radius 1 is 1.15 bits per heavy atom. The van der Waals surface area contributed by atoms with E-state index in [1.807, 2.05) is 39.3 Å². The molecule has 33 heavy (non-hydrogen) atoms. The number of nitrogens with one attached hydrogen (secondary N) is 2. The standard InChI is InChI=1S/C23H46N3O5PS/c1-9-23(7,8)32(29,31-16-22(4,5)6)26-12-10-18(11-13-26)24-20(27)19(15-33)25-21(28)30-14-17(2)3/h17-19,33H,9-16H2,1-8H3,(H,24,27)(H,25,28)/t19-,32?/m0/s1. The minimum atomic E-state index is -3.08. The zero-order chi connectivity index (χ0) is 25.4. The summed E-state index contributed by atoms with van der Waals surface area (Å²) >= 11 is 4.20. The minimum absolute atomic E-state index is 0.0644. The third-order valence-electron chi connectivity index (χ3n) is 5.83. The van der Waals surface area contributed by atoms with Crippen LogP contribution >= 0.6 is 20.1 Å². The molecule has 10 heteroatoms. The van der Waals surface area contributed by atoms with Crippen molar-refractivity contribution in [3.63, 3.8) is 0 Å². The van der Waals surface area contributed by atoms with E-state index in [1.165, 1.54) is 0 Å². The van der Waals surface area contributed by atoms with E-state index in [-0.39, 0.29) is 35.6 Å². The highest BCUT2D eigenvalue weighted by Gasteiger charge is 2.47. The van der Waals surface area contributed by atoms with E-state index in [4.69, 9.17) is 9.26 Å². The van der Waals surface area contributed by atoms with E-state index >= 15 is 0 Å². The molecule has 1 rings (SSSR count). The van der Waals surface area contributed by atoms with Gasteiger partial charge in [0.2, 0.25) is 5.91 Å². The normalized spacial score (nSPS) is 19.1. The Labute approximate surface area is 206 Å². The number of carbonyl (C=O) groups excluding carboxylic acids is 2. The smallest absolute Gasteiger partial charge is 0.407 e. The zero-order valence-corrected chi connectivity index (χ0v) is 23.6. The second-order valence-electron chi connectivity index (χ2n) is 11.1. The molecule has 2 atom stereocenters. The highest BCUT2D eigenvalue weighted by molar-refractivity contribution is 7.80. The summed E-state index contributed by atoms with van der Waals surface area (Å²) in [6, 6.07) is -0.836. The van der Waals surface area contributed by atoms with E-state index in [1.54, 1.807) is 0 Å². The van der Waals surface area contributed by atoms with E-state index in [9.17, 15) is 14.2 Å². The van der Waals surface area contributed by atoms with Crippen molar-refractivity contribution >= 4 is 32.1 Å². The van der Waals surface area contributed by atoms with Crippen molar-refractivity contribution in [2.24, 2.45) is 11.3 Å². The van der Waals surface area contributed by atoms with E-state index in [0.717, 1.165) is 6.42 Å². The maximum Gasteiger partial charge on any atom is 0.407 e. The van der Waals surface area contributed by atoms with Crippen molar-refractivity contribution in [3.05, 3.63) is 0 Å². The molecule has 194 valence electrons. The number of rotatable bonds is 11. The topological polar surface area (TPSA) is 97.0 Å². The van der Waals surface area contributed by atoms with Gasteiger partial charge in [0, 0.05) is 24.9 Å². The predicted molar refractivity (Wildman–Crippen MR) is 137 cm³/mol. The van der Waals surface area contributed by atoms with Crippen molar-refractivity contribution in [3.8, 4) is 0 Å². The van der Waals surface area contributed by atoms with Crippen LogP contribution in [0, 0.1) is 11.3 Å². The summed E-state index contributed by atoms with van der Waals surface area (Å²) in [5.74, 6) is 0.0957. The highest BCUT2D eigenvalue weighted by Crippen LogP contribution is 2.64. The van der Waals surface area contributed by atoms with Gasteiger partial charge in [-0.1, -0.05) is 41.5 Å². The maximum atomic E-state index is 14.1. The third-order valence-corrected chi connectivity index (χ3v) is 9.67. The fourth-order valence-electron chi connectivity index (χ4n) is 3.32. The predicted octanol–water partition coefficient (Wildman–Crippen LogP) is 4.69. The lowest BCUT2D eigenvalue weighted by Gasteiger charge is -2.44. The van der Waals surface area contributed by atoms with Crippen LogP contribution in [0.25, 0.3) is 0 Å². The van der Waals surface area contributed by atoms with Gasteiger partial charge >= 0.3 is 6.09 Å². The maximum absolute atomic E-state index is 14.1. The first-order chi connectivity index (χ1) is 15.1. The molecule has 1 fully saturated rings. The summed E-state index contributed by atoms with van der Waals surface area (Å²) in [6.07, 6.45) is 1.44. The van der Waals surface area contributed by atoms with Gasteiger partial charge in [0.25, 0.3) is 7.52 Å². The van der Waals surface area contributed by atoms with Gasteiger partial charge in [0.05, 0.1) is 18.4 Å². The molecule has 0 saturated carbocycles. The number of alkyl carbamates (subject to hydrolysis) is 1. The monoisotopic (exact) mass is 507 g/mol. The molecular formula is C23H46N3O5PS. The number of ether oxygens (including phenoxy) is 1. The summed E-state index contributed by atoms with van der Waals surface area (Å²) in [6.45, 7) is 18.0. The number of carbonyl (C=O) groups is 2. The largest absolute Gasteiger partial charge is 0.449 e. The van der Waals surface area contributed by atoms with Crippen LogP contribution in [0.15, 0.2) is 0 Å². The molecule has 1 saturated heterocycles. The quantitative estimate of drug-likeness (QED) is 0.277. The number of hydrogen-bond donors (Lipinski definition) is 3. The first-order valence-electron chi connectivity index (χ1n) is 12.0. The fraction of sp³-hybridized carbons (Fsp3) is 0.913.